The van der Waals surface area contributed by atoms with Crippen LogP contribution in [0.5, 0.6) is 17.2 Å². The number of aliphatic hydroxyl groups excluding tert-OH is 1. The van der Waals surface area contributed by atoms with Crippen molar-refractivity contribution < 1.29 is 29.2 Å². The molecule has 25 heavy (non-hydrogen) atoms. The van der Waals surface area contributed by atoms with Gasteiger partial charge in [0.2, 0.25) is 0 Å². The van der Waals surface area contributed by atoms with Gasteiger partial charge >= 0.3 is 5.97 Å². The number of rotatable bonds is 7. The van der Waals surface area contributed by atoms with Gasteiger partial charge in [-0.3, -0.25) is 4.79 Å². The molecule has 0 radical (unpaired) electrons. The van der Waals surface area contributed by atoms with Crippen LogP contribution in [0.25, 0.3) is 0 Å². The van der Waals surface area contributed by atoms with E-state index in [1.807, 2.05) is 0 Å². The Labute approximate surface area is 149 Å². The van der Waals surface area contributed by atoms with E-state index >= 15 is 0 Å². The van der Waals surface area contributed by atoms with Crippen LogP contribution in [0, 0.1) is 12.3 Å². The average molecular weight is 352 g/mol. The zero-order valence-electron chi connectivity index (χ0n) is 15.8. The average Bonchev–Trinajstić information content (AvgIpc) is 2.54. The van der Waals surface area contributed by atoms with E-state index in [1.165, 1.54) is 14.2 Å². The number of hydrogen-bond acceptors (Lipinski definition) is 6. The van der Waals surface area contributed by atoms with Gasteiger partial charge in [-0.2, -0.15) is 0 Å². The first kappa shape index (κ1) is 20.8. The lowest BCUT2D eigenvalue weighted by molar-refractivity contribution is -0.151. The Morgan fingerprint density at radius 1 is 1.08 bits per heavy atom. The molecule has 0 bridgehead atoms. The van der Waals surface area contributed by atoms with Crippen molar-refractivity contribution in [2.45, 2.75) is 40.7 Å². The molecule has 1 aromatic rings. The van der Waals surface area contributed by atoms with Gasteiger partial charge in [0.15, 0.2) is 11.5 Å². The first-order chi connectivity index (χ1) is 11.7. The molecule has 0 spiro atoms. The molecule has 0 saturated heterocycles. The normalized spacial score (nSPS) is 11.6. The number of methoxy groups -OCH3 is 2. The number of ether oxygens (including phenoxy) is 3. The predicted octanol–water partition coefficient (Wildman–Crippen LogP) is 2.90. The molecule has 0 aliphatic rings. The van der Waals surface area contributed by atoms with Crippen LogP contribution >= 0.6 is 0 Å². The maximum atomic E-state index is 11.7. The van der Waals surface area contributed by atoms with Gasteiger partial charge in [-0.1, -0.05) is 12.2 Å². The summed E-state index contributed by atoms with van der Waals surface area (Å²) in [6.07, 6.45) is 3.93. The lowest BCUT2D eigenvalue weighted by Crippen LogP contribution is -2.22. The molecule has 140 valence electrons. The molecule has 0 heterocycles. The van der Waals surface area contributed by atoms with Gasteiger partial charge in [-0.15, -0.1) is 0 Å². The fraction of sp³-hybridized carbons (Fsp3) is 0.526. The van der Waals surface area contributed by atoms with E-state index in [4.69, 9.17) is 14.2 Å². The molecule has 6 heteroatoms. The lowest BCUT2D eigenvalue weighted by Gasteiger charge is -2.19. The van der Waals surface area contributed by atoms with Crippen LogP contribution in [-0.4, -0.2) is 37.0 Å². The van der Waals surface area contributed by atoms with Gasteiger partial charge in [-0.05, 0) is 34.1 Å². The summed E-state index contributed by atoms with van der Waals surface area (Å²) in [5, 5.41) is 19.9. The van der Waals surface area contributed by atoms with E-state index in [2.05, 4.69) is 0 Å². The fourth-order valence-electron chi connectivity index (χ4n) is 2.45. The molecule has 1 aromatic carbocycles. The van der Waals surface area contributed by atoms with Gasteiger partial charge in [-0.25, -0.2) is 0 Å². The Morgan fingerprint density at radius 3 is 2.16 bits per heavy atom. The second-order valence-electron chi connectivity index (χ2n) is 6.68. The summed E-state index contributed by atoms with van der Waals surface area (Å²) >= 11 is 0. The van der Waals surface area contributed by atoms with Crippen LogP contribution in [-0.2, 0) is 22.6 Å². The van der Waals surface area contributed by atoms with Crippen molar-refractivity contribution in [1.29, 1.82) is 0 Å². The molecule has 1 rings (SSSR count). The maximum absolute atomic E-state index is 11.7. The van der Waals surface area contributed by atoms with Crippen LogP contribution in [0.4, 0.5) is 0 Å². The third-order valence-electron chi connectivity index (χ3n) is 3.80. The van der Waals surface area contributed by atoms with Crippen molar-refractivity contribution >= 4 is 5.97 Å². The van der Waals surface area contributed by atoms with E-state index in [0.717, 1.165) is 0 Å². The molecule has 0 amide bonds. The molecule has 0 aromatic heterocycles. The minimum absolute atomic E-state index is 0.0918. The SMILES string of the molecule is COc1c(C)c(OC)c(C/C=C/COC(=O)C(C)(C)C)c(CO)c1O. The predicted molar refractivity (Wildman–Crippen MR) is 95.1 cm³/mol. The molecule has 0 saturated carbocycles. The number of esters is 1. The Morgan fingerprint density at radius 2 is 1.68 bits per heavy atom. The van der Waals surface area contributed by atoms with Crippen molar-refractivity contribution in [2.24, 2.45) is 5.41 Å². The van der Waals surface area contributed by atoms with Gasteiger partial charge in [0, 0.05) is 16.7 Å². The van der Waals surface area contributed by atoms with Gasteiger partial charge in [0.25, 0.3) is 0 Å². The summed E-state index contributed by atoms with van der Waals surface area (Å²) in [6, 6.07) is 0. The van der Waals surface area contributed by atoms with Crippen molar-refractivity contribution in [3.05, 3.63) is 28.8 Å². The Hall–Kier alpha value is -2.21. The first-order valence-electron chi connectivity index (χ1n) is 8.07. The molecule has 6 nitrogen and oxygen atoms in total. The summed E-state index contributed by atoms with van der Waals surface area (Å²) in [6.45, 7) is 6.97. The Kier molecular flexibility index (Phi) is 7.30. The minimum Gasteiger partial charge on any atom is -0.504 e. The van der Waals surface area contributed by atoms with E-state index in [0.29, 0.717) is 28.9 Å². The molecular formula is C19H28O6. The molecule has 0 fully saturated rings. The largest absolute Gasteiger partial charge is 0.504 e. The monoisotopic (exact) mass is 352 g/mol. The van der Waals surface area contributed by atoms with Crippen molar-refractivity contribution in [3.63, 3.8) is 0 Å². The lowest BCUT2D eigenvalue weighted by atomic mass is 9.97. The molecular weight excluding hydrogens is 324 g/mol. The van der Waals surface area contributed by atoms with Gasteiger partial charge in [0.1, 0.15) is 12.4 Å². The highest BCUT2D eigenvalue weighted by molar-refractivity contribution is 5.75. The second kappa shape index (κ2) is 8.76. The van der Waals surface area contributed by atoms with Gasteiger partial charge in [0.05, 0.1) is 26.2 Å². The van der Waals surface area contributed by atoms with Crippen LogP contribution in [0.1, 0.15) is 37.5 Å². The Bertz CT molecular complexity index is 609. The highest BCUT2D eigenvalue weighted by atomic mass is 16.5. The molecule has 0 aliphatic carbocycles. The summed E-state index contributed by atoms with van der Waals surface area (Å²) in [4.78, 5) is 11.7. The van der Waals surface area contributed by atoms with Crippen molar-refractivity contribution in [3.8, 4) is 17.2 Å². The molecule has 2 N–H and O–H groups in total. The smallest absolute Gasteiger partial charge is 0.311 e. The van der Waals surface area contributed by atoms with Gasteiger partial charge < -0.3 is 24.4 Å². The first-order valence-corrected chi connectivity index (χ1v) is 8.07. The molecule has 0 atom stereocenters. The number of aromatic hydroxyl groups is 1. The number of aliphatic hydroxyl groups is 1. The third-order valence-corrected chi connectivity index (χ3v) is 3.80. The van der Waals surface area contributed by atoms with Crippen LogP contribution in [0.3, 0.4) is 0 Å². The highest BCUT2D eigenvalue weighted by Crippen LogP contribution is 2.43. The van der Waals surface area contributed by atoms with Crippen molar-refractivity contribution in [2.75, 3.05) is 20.8 Å². The van der Waals surface area contributed by atoms with E-state index in [9.17, 15) is 15.0 Å². The summed E-state index contributed by atoms with van der Waals surface area (Å²) < 4.78 is 15.8. The number of benzene rings is 1. The van der Waals surface area contributed by atoms with Crippen molar-refractivity contribution in [1.82, 2.24) is 0 Å². The molecule has 0 aliphatic heterocycles. The minimum atomic E-state index is -0.542. The van der Waals surface area contributed by atoms with E-state index < -0.39 is 5.41 Å². The summed E-state index contributed by atoms with van der Waals surface area (Å²) in [5.41, 5.74) is 1.14. The Balaban J connectivity index is 2.98. The third kappa shape index (κ3) is 4.89. The zero-order chi connectivity index (χ0) is 19.2. The number of phenols is 1. The standard InChI is InChI=1S/C19H28O6/c1-12-16(23-5)13(14(11-20)15(21)17(12)24-6)9-7-8-10-25-18(22)19(2,3)4/h7-8,20-21H,9-11H2,1-6H3/b8-7+. The number of carbonyl (C=O) groups is 1. The molecule has 0 unspecified atom stereocenters. The fourth-order valence-corrected chi connectivity index (χ4v) is 2.45. The number of allylic oxidation sites excluding steroid dienone is 1. The maximum Gasteiger partial charge on any atom is 0.311 e. The summed E-state index contributed by atoms with van der Waals surface area (Å²) in [7, 11) is 2.98. The second-order valence-corrected chi connectivity index (χ2v) is 6.68. The van der Waals surface area contributed by atoms with E-state index in [1.54, 1.807) is 39.8 Å². The highest BCUT2D eigenvalue weighted by Gasteiger charge is 2.23. The van der Waals surface area contributed by atoms with Crippen LogP contribution < -0.4 is 9.47 Å². The topological polar surface area (TPSA) is 85.2 Å². The number of carbonyl (C=O) groups excluding carboxylic acids is 1. The van der Waals surface area contributed by atoms with E-state index in [-0.39, 0.29) is 30.7 Å². The summed E-state index contributed by atoms with van der Waals surface area (Å²) in [5.74, 6) is 0.470. The van der Waals surface area contributed by atoms with Crippen LogP contribution in [0.2, 0.25) is 0 Å². The quantitative estimate of drug-likeness (QED) is 0.580. The van der Waals surface area contributed by atoms with Crippen LogP contribution in [0.15, 0.2) is 12.2 Å². The zero-order valence-corrected chi connectivity index (χ0v) is 15.8. The number of hydrogen-bond donors (Lipinski definition) is 2.